The number of hydrogen-bond donors (Lipinski definition) is 3. The predicted octanol–water partition coefficient (Wildman–Crippen LogP) is -0.812. The average Bonchev–Trinajstić information content (AvgIpc) is 2.55. The van der Waals surface area contributed by atoms with Gasteiger partial charge < -0.3 is 10.5 Å². The summed E-state index contributed by atoms with van der Waals surface area (Å²) in [5, 5.41) is 3.03. The fraction of sp³-hybridized carbons (Fsp3) is 0.714. The molecule has 0 radical (unpaired) electrons. The van der Waals surface area contributed by atoms with Crippen LogP contribution in [0, 0.1) is 0 Å². The normalized spacial score (nSPS) is 18.1. The van der Waals surface area contributed by atoms with Crippen molar-refractivity contribution >= 4 is 73.1 Å². The number of rotatable bonds is 2. The van der Waals surface area contributed by atoms with E-state index in [1.54, 1.807) is 11.8 Å². The van der Waals surface area contributed by atoms with Crippen LogP contribution in [0.2, 0.25) is 0 Å². The second-order valence-electron chi connectivity index (χ2n) is 2.36. The quantitative estimate of drug-likeness (QED) is 0.214. The van der Waals surface area contributed by atoms with Crippen LogP contribution in [0.25, 0.3) is 0 Å². The molecule has 1 fully saturated rings. The fourth-order valence-electron chi connectivity index (χ4n) is 0.789. The molecular weight excluding hydrogens is 449 g/mol. The molecule has 1 saturated heterocycles. The van der Waals surface area contributed by atoms with Crippen LogP contribution in [0.15, 0.2) is 0 Å². The summed E-state index contributed by atoms with van der Waals surface area (Å²) in [4.78, 5) is 10.9. The Bertz CT molecular complexity index is 197. The average molecular weight is 466 g/mol. The molecule has 4 nitrogen and oxygen atoms in total. The summed E-state index contributed by atoms with van der Waals surface area (Å²) in [6, 6.07) is -0.0649. The number of ether oxygens (including phenoxy) is 1. The van der Waals surface area contributed by atoms with E-state index < -0.39 is 0 Å². The van der Waals surface area contributed by atoms with Crippen molar-refractivity contribution < 1.29 is 9.53 Å². The first-order valence-corrected chi connectivity index (χ1v) is 6.05. The van der Waals surface area contributed by atoms with Crippen LogP contribution in [-0.2, 0) is 9.53 Å². The number of carbonyl (C=O) groups excluding carboxylic acids is 1. The molecule has 0 amide bonds. The third-order valence-electron chi connectivity index (χ3n) is 1.29. The van der Waals surface area contributed by atoms with Crippen LogP contribution in [-0.4, -0.2) is 60.8 Å². The van der Waals surface area contributed by atoms with Gasteiger partial charge in [-0.2, -0.15) is 0 Å². The first kappa shape index (κ1) is 18.3. The van der Waals surface area contributed by atoms with E-state index in [1.165, 1.54) is 0 Å². The molecule has 0 aromatic heterocycles. The fourth-order valence-corrected chi connectivity index (χ4v) is 1.72. The molecule has 15 heavy (non-hydrogen) atoms. The summed E-state index contributed by atoms with van der Waals surface area (Å²) >= 11 is 9.38. The monoisotopic (exact) mass is 466 g/mol. The predicted molar refractivity (Wildman–Crippen MR) is 76.6 cm³/mol. The van der Waals surface area contributed by atoms with E-state index in [2.05, 4.69) is 30.2 Å². The second kappa shape index (κ2) is 11.4. The molecule has 0 aromatic carbocycles. The summed E-state index contributed by atoms with van der Waals surface area (Å²) in [6.07, 6.45) is 0. The molecule has 0 aromatic rings. The Hall–Kier alpha value is 0.903. The third-order valence-corrected chi connectivity index (χ3v) is 2.23. The SMILES string of the molecule is CCOC(=O)C1CSCN1.NC(=S)S.[BiH3]. The van der Waals surface area contributed by atoms with Crippen molar-refractivity contribution in [1.29, 1.82) is 0 Å². The van der Waals surface area contributed by atoms with Gasteiger partial charge >= 0.3 is 32.2 Å². The Kier molecular flexibility index (Phi) is 13.9. The Morgan fingerprint density at radius 3 is 2.67 bits per heavy atom. The van der Waals surface area contributed by atoms with Crippen molar-refractivity contribution in [2.24, 2.45) is 5.73 Å². The summed E-state index contributed by atoms with van der Waals surface area (Å²) < 4.78 is 5.01. The number of thiocarbonyl (C=S) groups is 1. The van der Waals surface area contributed by atoms with Crippen molar-refractivity contribution in [2.45, 2.75) is 13.0 Å². The van der Waals surface area contributed by atoms with E-state index in [9.17, 15) is 4.79 Å². The Balaban J connectivity index is 0. The van der Waals surface area contributed by atoms with E-state index in [4.69, 9.17) is 10.5 Å². The molecule has 0 bridgehead atoms. The van der Waals surface area contributed by atoms with Gasteiger partial charge in [-0.05, 0) is 6.92 Å². The number of thioether (sulfide) groups is 1. The molecule has 0 aliphatic carbocycles. The van der Waals surface area contributed by atoms with Crippen LogP contribution in [0.3, 0.4) is 0 Å². The minimum atomic E-state index is -0.118. The Morgan fingerprint density at radius 1 is 1.80 bits per heavy atom. The van der Waals surface area contributed by atoms with E-state index >= 15 is 0 Å². The van der Waals surface area contributed by atoms with Crippen LogP contribution in [0.5, 0.6) is 0 Å². The molecular formula is C7H17BiN2O2S3. The first-order valence-electron chi connectivity index (χ1n) is 4.04. The maximum atomic E-state index is 10.9. The molecule has 1 aliphatic heterocycles. The molecule has 1 heterocycles. The van der Waals surface area contributed by atoms with Crippen molar-refractivity contribution in [2.75, 3.05) is 18.2 Å². The van der Waals surface area contributed by atoms with Crippen molar-refractivity contribution in [3.8, 4) is 0 Å². The van der Waals surface area contributed by atoms with Gasteiger partial charge in [-0.25, -0.2) is 0 Å². The standard InChI is InChI=1S/C6H11NO2S.CH3NS2.Bi.3H/c1-2-9-6(8)5-3-10-4-7-5;2-1(3)4;;;;/h5,7H,2-4H2,1H3;(H3,2,3,4);;;;. The molecule has 8 heteroatoms. The van der Waals surface area contributed by atoms with E-state index in [1.807, 2.05) is 6.92 Å². The zero-order valence-corrected chi connectivity index (χ0v) is 16.6. The number of esters is 1. The van der Waals surface area contributed by atoms with Gasteiger partial charge in [-0.3, -0.25) is 10.1 Å². The van der Waals surface area contributed by atoms with Gasteiger partial charge in [-0.15, -0.1) is 24.4 Å². The van der Waals surface area contributed by atoms with Gasteiger partial charge in [0.1, 0.15) is 10.4 Å². The van der Waals surface area contributed by atoms with Crippen molar-refractivity contribution in [3.05, 3.63) is 0 Å². The molecule has 3 N–H and O–H groups in total. The summed E-state index contributed by atoms with van der Waals surface area (Å²) in [6.45, 7) is 2.29. The molecule has 1 atom stereocenters. The molecule has 1 unspecified atom stereocenters. The molecule has 1 aliphatic rings. The van der Waals surface area contributed by atoms with Gasteiger partial charge in [0.05, 0.1) is 6.61 Å². The number of nitrogens with two attached hydrogens (primary N) is 1. The summed E-state index contributed by atoms with van der Waals surface area (Å²) in [5.41, 5.74) is 4.71. The molecule has 0 saturated carbocycles. The van der Waals surface area contributed by atoms with Crippen molar-refractivity contribution in [3.63, 3.8) is 0 Å². The molecule has 1 rings (SSSR count). The molecule has 0 spiro atoms. The zero-order valence-electron chi connectivity index (χ0n) is 8.56. The van der Waals surface area contributed by atoms with Crippen molar-refractivity contribution in [1.82, 2.24) is 5.32 Å². The summed E-state index contributed by atoms with van der Waals surface area (Å²) in [5.74, 6) is 1.59. The number of nitrogens with one attached hydrogen (secondary N) is 1. The topological polar surface area (TPSA) is 64.3 Å². The second-order valence-corrected chi connectivity index (χ2v) is 4.62. The van der Waals surface area contributed by atoms with E-state index in [0.717, 1.165) is 11.6 Å². The van der Waals surface area contributed by atoms with Crippen LogP contribution in [0.4, 0.5) is 0 Å². The van der Waals surface area contributed by atoms with Gasteiger partial charge in [0.15, 0.2) is 0 Å². The Morgan fingerprint density at radius 2 is 2.33 bits per heavy atom. The first-order chi connectivity index (χ1) is 6.57. The van der Waals surface area contributed by atoms with Gasteiger partial charge in [0, 0.05) is 11.6 Å². The number of thiol groups is 1. The number of carbonyl (C=O) groups is 1. The number of hydrogen-bond acceptors (Lipinski definition) is 5. The van der Waals surface area contributed by atoms with Crippen LogP contribution >= 0.6 is 36.6 Å². The van der Waals surface area contributed by atoms with Gasteiger partial charge in [0.25, 0.3) is 0 Å². The van der Waals surface area contributed by atoms with E-state index in [-0.39, 0.29) is 42.5 Å². The Labute approximate surface area is 124 Å². The zero-order chi connectivity index (χ0) is 11.0. The van der Waals surface area contributed by atoms with Gasteiger partial charge in [-0.1, -0.05) is 12.2 Å². The molecule has 90 valence electrons. The third kappa shape index (κ3) is 11.2. The van der Waals surface area contributed by atoms with Gasteiger partial charge in [0.2, 0.25) is 0 Å². The summed E-state index contributed by atoms with van der Waals surface area (Å²) in [7, 11) is 0. The minimum absolute atomic E-state index is 0. The van der Waals surface area contributed by atoms with Crippen LogP contribution in [0.1, 0.15) is 6.92 Å². The van der Waals surface area contributed by atoms with E-state index in [0.29, 0.717) is 6.61 Å². The van der Waals surface area contributed by atoms with Crippen LogP contribution < -0.4 is 11.1 Å². The maximum absolute atomic E-state index is 10.9.